The molecule has 0 heterocycles. The van der Waals surface area contributed by atoms with Crippen LogP contribution in [0.2, 0.25) is 0 Å². The molecule has 27 heavy (non-hydrogen) atoms. The van der Waals surface area contributed by atoms with Gasteiger partial charge in [-0.25, -0.2) is 0 Å². The van der Waals surface area contributed by atoms with E-state index in [2.05, 4.69) is 43.3 Å². The summed E-state index contributed by atoms with van der Waals surface area (Å²) in [5.74, 6) is 0.0470. The monoisotopic (exact) mass is 348 g/mol. The average Bonchev–Trinajstić information content (AvgIpc) is 2.75. The third kappa shape index (κ3) is 3.58. The Hall–Kier alpha value is -3.45. The van der Waals surface area contributed by atoms with Crippen molar-refractivity contribution in [2.24, 2.45) is 0 Å². The Balaban J connectivity index is 1.68. The SMILES string of the molecule is Cc1ccc(-c2ccccc2C(=O)c2ccc(-c3ccccc3)cc2)cc1. The molecule has 0 N–H and O–H groups in total. The van der Waals surface area contributed by atoms with Crippen LogP contribution in [0.5, 0.6) is 0 Å². The molecule has 0 atom stereocenters. The van der Waals surface area contributed by atoms with Gasteiger partial charge in [-0.05, 0) is 29.2 Å². The molecule has 0 bridgehead atoms. The minimum atomic E-state index is 0.0470. The van der Waals surface area contributed by atoms with Crippen LogP contribution in [-0.2, 0) is 0 Å². The summed E-state index contributed by atoms with van der Waals surface area (Å²) >= 11 is 0. The maximum atomic E-state index is 13.2. The number of carbonyl (C=O) groups is 1. The third-order valence-corrected chi connectivity index (χ3v) is 4.79. The number of carbonyl (C=O) groups excluding carboxylic acids is 1. The lowest BCUT2D eigenvalue weighted by molar-refractivity contribution is 0.103. The second-order valence-corrected chi connectivity index (χ2v) is 6.68. The van der Waals surface area contributed by atoms with Gasteiger partial charge in [0.05, 0.1) is 0 Å². The first-order valence-corrected chi connectivity index (χ1v) is 9.08. The Morgan fingerprint density at radius 3 is 1.81 bits per heavy atom. The van der Waals surface area contributed by atoms with Crippen molar-refractivity contribution in [1.82, 2.24) is 0 Å². The van der Waals surface area contributed by atoms with Crippen LogP contribution in [0, 0.1) is 6.92 Å². The van der Waals surface area contributed by atoms with Crippen LogP contribution in [0.3, 0.4) is 0 Å². The van der Waals surface area contributed by atoms with Crippen LogP contribution in [-0.4, -0.2) is 5.78 Å². The highest BCUT2D eigenvalue weighted by Gasteiger charge is 2.14. The van der Waals surface area contributed by atoms with Crippen molar-refractivity contribution in [3.63, 3.8) is 0 Å². The van der Waals surface area contributed by atoms with Crippen molar-refractivity contribution in [1.29, 1.82) is 0 Å². The van der Waals surface area contributed by atoms with Crippen LogP contribution >= 0.6 is 0 Å². The summed E-state index contributed by atoms with van der Waals surface area (Å²) in [7, 11) is 0. The van der Waals surface area contributed by atoms with E-state index in [-0.39, 0.29) is 5.78 Å². The second-order valence-electron chi connectivity index (χ2n) is 6.68. The van der Waals surface area contributed by atoms with E-state index in [0.717, 1.165) is 27.8 Å². The molecule has 1 nitrogen and oxygen atoms in total. The largest absolute Gasteiger partial charge is 0.289 e. The molecule has 0 saturated heterocycles. The fourth-order valence-corrected chi connectivity index (χ4v) is 3.27. The molecule has 4 aromatic carbocycles. The topological polar surface area (TPSA) is 17.1 Å². The molecule has 0 aliphatic heterocycles. The van der Waals surface area contributed by atoms with E-state index in [0.29, 0.717) is 5.56 Å². The minimum Gasteiger partial charge on any atom is -0.289 e. The van der Waals surface area contributed by atoms with Gasteiger partial charge in [0.25, 0.3) is 0 Å². The van der Waals surface area contributed by atoms with E-state index < -0.39 is 0 Å². The lowest BCUT2D eigenvalue weighted by Gasteiger charge is -2.10. The van der Waals surface area contributed by atoms with E-state index in [1.807, 2.05) is 66.7 Å². The van der Waals surface area contributed by atoms with Gasteiger partial charge in [-0.3, -0.25) is 4.79 Å². The average molecular weight is 348 g/mol. The predicted octanol–water partition coefficient (Wildman–Crippen LogP) is 6.56. The molecular weight excluding hydrogens is 328 g/mol. The third-order valence-electron chi connectivity index (χ3n) is 4.79. The van der Waals surface area contributed by atoms with E-state index >= 15 is 0 Å². The van der Waals surface area contributed by atoms with Crippen molar-refractivity contribution in [3.05, 3.63) is 120 Å². The number of ketones is 1. The lowest BCUT2D eigenvalue weighted by Crippen LogP contribution is -2.03. The highest BCUT2D eigenvalue weighted by atomic mass is 16.1. The van der Waals surface area contributed by atoms with Gasteiger partial charge in [0.2, 0.25) is 0 Å². The predicted molar refractivity (Wildman–Crippen MR) is 112 cm³/mol. The zero-order valence-electron chi connectivity index (χ0n) is 15.2. The maximum Gasteiger partial charge on any atom is 0.193 e. The van der Waals surface area contributed by atoms with Gasteiger partial charge in [-0.2, -0.15) is 0 Å². The Morgan fingerprint density at radius 1 is 0.556 bits per heavy atom. The standard InChI is InChI=1S/C26H20O/c1-19-11-13-22(14-12-19)24-9-5-6-10-25(24)26(27)23-17-15-21(16-18-23)20-7-3-2-4-8-20/h2-18H,1H3. The van der Waals surface area contributed by atoms with E-state index in [9.17, 15) is 4.79 Å². The molecule has 1 heteroatoms. The first kappa shape index (κ1) is 17.0. The lowest BCUT2D eigenvalue weighted by atomic mass is 9.93. The fraction of sp³-hybridized carbons (Fsp3) is 0.0385. The second kappa shape index (κ2) is 7.43. The summed E-state index contributed by atoms with van der Waals surface area (Å²) in [5.41, 5.74) is 6.93. The summed E-state index contributed by atoms with van der Waals surface area (Å²) in [6, 6.07) is 34.1. The molecule has 4 aromatic rings. The highest BCUT2D eigenvalue weighted by molar-refractivity contribution is 6.13. The van der Waals surface area contributed by atoms with Gasteiger partial charge in [0.1, 0.15) is 0 Å². The first-order valence-electron chi connectivity index (χ1n) is 9.08. The molecule has 0 unspecified atom stereocenters. The normalized spacial score (nSPS) is 10.6. The van der Waals surface area contributed by atoms with Gasteiger partial charge in [0, 0.05) is 11.1 Å². The first-order chi connectivity index (χ1) is 13.2. The van der Waals surface area contributed by atoms with Gasteiger partial charge < -0.3 is 0 Å². The minimum absolute atomic E-state index is 0.0470. The Kier molecular flexibility index (Phi) is 4.67. The number of aryl methyl sites for hydroxylation is 1. The molecule has 0 aliphatic carbocycles. The molecule has 130 valence electrons. The zero-order chi connectivity index (χ0) is 18.6. The molecule has 0 saturated carbocycles. The van der Waals surface area contributed by atoms with Crippen molar-refractivity contribution in [2.75, 3.05) is 0 Å². The van der Waals surface area contributed by atoms with Crippen LogP contribution in [0.15, 0.2) is 103 Å². The van der Waals surface area contributed by atoms with Crippen molar-refractivity contribution in [3.8, 4) is 22.3 Å². The van der Waals surface area contributed by atoms with Gasteiger partial charge >= 0.3 is 0 Å². The van der Waals surface area contributed by atoms with Crippen molar-refractivity contribution in [2.45, 2.75) is 6.92 Å². The quantitative estimate of drug-likeness (QED) is 0.382. The number of hydrogen-bond acceptors (Lipinski definition) is 1. The van der Waals surface area contributed by atoms with Crippen molar-refractivity contribution < 1.29 is 4.79 Å². The van der Waals surface area contributed by atoms with Crippen LogP contribution in [0.4, 0.5) is 0 Å². The molecule has 4 rings (SSSR count). The maximum absolute atomic E-state index is 13.2. The summed E-state index contributed by atoms with van der Waals surface area (Å²) in [5, 5.41) is 0. The molecule has 0 amide bonds. The molecule has 0 aliphatic rings. The van der Waals surface area contributed by atoms with Crippen LogP contribution < -0.4 is 0 Å². The summed E-state index contributed by atoms with van der Waals surface area (Å²) in [6.07, 6.45) is 0. The molecular formula is C26H20O. The Bertz CT molecular complexity index is 1060. The fourth-order valence-electron chi connectivity index (χ4n) is 3.27. The molecule has 0 radical (unpaired) electrons. The highest BCUT2D eigenvalue weighted by Crippen LogP contribution is 2.27. The Labute approximate surface area is 159 Å². The van der Waals surface area contributed by atoms with Crippen LogP contribution in [0.25, 0.3) is 22.3 Å². The summed E-state index contributed by atoms with van der Waals surface area (Å²) in [6.45, 7) is 2.06. The summed E-state index contributed by atoms with van der Waals surface area (Å²) in [4.78, 5) is 13.2. The van der Waals surface area contributed by atoms with E-state index in [4.69, 9.17) is 0 Å². The van der Waals surface area contributed by atoms with Crippen LogP contribution in [0.1, 0.15) is 21.5 Å². The Morgan fingerprint density at radius 2 is 1.11 bits per heavy atom. The molecule has 0 aromatic heterocycles. The van der Waals surface area contributed by atoms with Gasteiger partial charge in [-0.15, -0.1) is 0 Å². The van der Waals surface area contributed by atoms with E-state index in [1.165, 1.54) is 5.56 Å². The number of hydrogen-bond donors (Lipinski definition) is 0. The molecule has 0 fully saturated rings. The van der Waals surface area contributed by atoms with E-state index in [1.54, 1.807) is 0 Å². The smallest absolute Gasteiger partial charge is 0.193 e. The van der Waals surface area contributed by atoms with Crippen molar-refractivity contribution >= 4 is 5.78 Å². The van der Waals surface area contributed by atoms with Gasteiger partial charge in [0.15, 0.2) is 5.78 Å². The number of rotatable bonds is 4. The van der Waals surface area contributed by atoms with Gasteiger partial charge in [-0.1, -0.05) is 109 Å². The summed E-state index contributed by atoms with van der Waals surface area (Å²) < 4.78 is 0. The number of benzene rings is 4. The molecule has 0 spiro atoms. The zero-order valence-corrected chi connectivity index (χ0v) is 15.2.